The van der Waals surface area contributed by atoms with Crippen molar-refractivity contribution in [1.29, 1.82) is 0 Å². The van der Waals surface area contributed by atoms with E-state index in [4.69, 9.17) is 4.74 Å². The molecule has 0 spiro atoms. The van der Waals surface area contributed by atoms with Gasteiger partial charge in [-0.15, -0.1) is 0 Å². The smallest absolute Gasteiger partial charge is 0.0753 e. The second-order valence-corrected chi connectivity index (χ2v) is 5.53. The van der Waals surface area contributed by atoms with Gasteiger partial charge >= 0.3 is 0 Å². The monoisotopic (exact) mass is 248 g/mol. The second kappa shape index (κ2) is 6.21. The zero-order chi connectivity index (χ0) is 12.8. The maximum Gasteiger partial charge on any atom is 0.0753 e. The summed E-state index contributed by atoms with van der Waals surface area (Å²) in [7, 11) is 0. The summed E-state index contributed by atoms with van der Waals surface area (Å²) >= 11 is 0. The van der Waals surface area contributed by atoms with Crippen LogP contribution in [-0.2, 0) is 4.74 Å². The van der Waals surface area contributed by atoms with Gasteiger partial charge in [-0.1, -0.05) is 18.2 Å². The molecule has 1 aliphatic heterocycles. The number of ether oxygens (including phenoxy) is 1. The van der Waals surface area contributed by atoms with Gasteiger partial charge in [-0.05, 0) is 32.4 Å². The fourth-order valence-electron chi connectivity index (χ4n) is 2.40. The Morgan fingerprint density at radius 2 is 2.06 bits per heavy atom. The van der Waals surface area contributed by atoms with Gasteiger partial charge < -0.3 is 10.1 Å². The van der Waals surface area contributed by atoms with Crippen LogP contribution in [0, 0.1) is 0 Å². The highest BCUT2D eigenvalue weighted by Gasteiger charge is 2.26. The van der Waals surface area contributed by atoms with Crippen molar-refractivity contribution in [2.24, 2.45) is 0 Å². The van der Waals surface area contributed by atoms with Crippen LogP contribution in [0.15, 0.2) is 30.3 Å². The van der Waals surface area contributed by atoms with E-state index in [0.29, 0.717) is 0 Å². The van der Waals surface area contributed by atoms with E-state index in [1.807, 2.05) is 6.07 Å². The van der Waals surface area contributed by atoms with Gasteiger partial charge in [-0.3, -0.25) is 4.90 Å². The largest absolute Gasteiger partial charge is 0.385 e. The Kier molecular flexibility index (Phi) is 4.61. The van der Waals surface area contributed by atoms with Gasteiger partial charge in [-0.25, -0.2) is 0 Å². The van der Waals surface area contributed by atoms with Gasteiger partial charge in [0.1, 0.15) is 0 Å². The van der Waals surface area contributed by atoms with E-state index in [2.05, 4.69) is 48.3 Å². The molecule has 0 aromatic heterocycles. The predicted molar refractivity (Wildman–Crippen MR) is 76.0 cm³/mol. The molecule has 0 saturated carbocycles. The van der Waals surface area contributed by atoms with Gasteiger partial charge in [0, 0.05) is 31.9 Å². The molecule has 0 aliphatic carbocycles. The first kappa shape index (κ1) is 13.4. The van der Waals surface area contributed by atoms with Crippen molar-refractivity contribution in [2.45, 2.75) is 25.9 Å². The first-order valence-corrected chi connectivity index (χ1v) is 6.81. The summed E-state index contributed by atoms with van der Waals surface area (Å²) in [4.78, 5) is 2.50. The summed E-state index contributed by atoms with van der Waals surface area (Å²) in [5.41, 5.74) is 1.23. The Balaban J connectivity index is 1.64. The van der Waals surface area contributed by atoms with Crippen LogP contribution in [0.5, 0.6) is 0 Å². The number of morpholine rings is 1. The fourth-order valence-corrected chi connectivity index (χ4v) is 2.40. The number of nitrogens with zero attached hydrogens (tertiary/aromatic N) is 1. The lowest BCUT2D eigenvalue weighted by atomic mass is 10.1. The van der Waals surface area contributed by atoms with Crippen molar-refractivity contribution in [3.63, 3.8) is 0 Å². The Morgan fingerprint density at radius 3 is 2.78 bits per heavy atom. The minimum absolute atomic E-state index is 0.0190. The zero-order valence-corrected chi connectivity index (χ0v) is 11.5. The van der Waals surface area contributed by atoms with Gasteiger partial charge in [0.15, 0.2) is 0 Å². The molecule has 0 bridgehead atoms. The Hall–Kier alpha value is -1.06. The molecular weight excluding hydrogens is 224 g/mol. The van der Waals surface area contributed by atoms with Crippen LogP contribution in [0.2, 0.25) is 0 Å². The molecule has 2 rings (SSSR count). The molecule has 0 unspecified atom stereocenters. The second-order valence-electron chi connectivity index (χ2n) is 5.53. The fraction of sp³-hybridized carbons (Fsp3) is 0.600. The quantitative estimate of drug-likeness (QED) is 0.811. The summed E-state index contributed by atoms with van der Waals surface area (Å²) in [6.07, 6.45) is 1.17. The van der Waals surface area contributed by atoms with E-state index in [1.165, 1.54) is 12.1 Å². The van der Waals surface area contributed by atoms with Crippen molar-refractivity contribution >= 4 is 5.69 Å². The van der Waals surface area contributed by atoms with E-state index in [9.17, 15) is 0 Å². The van der Waals surface area contributed by atoms with Gasteiger partial charge in [0.25, 0.3) is 0 Å². The van der Waals surface area contributed by atoms with Crippen LogP contribution >= 0.6 is 0 Å². The lowest BCUT2D eigenvalue weighted by Gasteiger charge is -2.38. The minimum atomic E-state index is 0.0190. The Bertz CT molecular complexity index is 351. The molecule has 18 heavy (non-hydrogen) atoms. The third-order valence-electron chi connectivity index (χ3n) is 3.26. The third-order valence-corrected chi connectivity index (χ3v) is 3.26. The van der Waals surface area contributed by atoms with E-state index < -0.39 is 0 Å². The van der Waals surface area contributed by atoms with Gasteiger partial charge in [-0.2, -0.15) is 0 Å². The molecule has 100 valence electrons. The third kappa shape index (κ3) is 4.31. The predicted octanol–water partition coefficient (Wildman–Crippen LogP) is 2.60. The molecule has 0 amide bonds. The number of anilines is 1. The Labute approximate surface area is 110 Å². The molecule has 1 aromatic rings. The maximum atomic E-state index is 5.71. The summed E-state index contributed by atoms with van der Waals surface area (Å²) in [5.74, 6) is 0. The molecule has 1 aliphatic rings. The average molecular weight is 248 g/mol. The molecule has 1 fully saturated rings. The standard InChI is InChI=1S/C15H24N2O/c1-15(2)13-17(11-12-18-15)10-6-9-16-14-7-4-3-5-8-14/h3-5,7-8,16H,6,9-13H2,1-2H3. The molecule has 1 aromatic carbocycles. The van der Waals surface area contributed by atoms with Crippen molar-refractivity contribution in [1.82, 2.24) is 4.90 Å². The van der Waals surface area contributed by atoms with E-state index >= 15 is 0 Å². The highest BCUT2D eigenvalue weighted by atomic mass is 16.5. The van der Waals surface area contributed by atoms with E-state index in [-0.39, 0.29) is 5.60 Å². The van der Waals surface area contributed by atoms with E-state index in [0.717, 1.165) is 32.8 Å². The van der Waals surface area contributed by atoms with Crippen LogP contribution in [0.25, 0.3) is 0 Å². The maximum absolute atomic E-state index is 5.71. The number of benzene rings is 1. The van der Waals surface area contributed by atoms with Crippen LogP contribution in [0.4, 0.5) is 5.69 Å². The van der Waals surface area contributed by atoms with Gasteiger partial charge in [0.2, 0.25) is 0 Å². The van der Waals surface area contributed by atoms with Crippen molar-refractivity contribution in [3.05, 3.63) is 30.3 Å². The normalized spacial score (nSPS) is 19.7. The first-order valence-electron chi connectivity index (χ1n) is 6.81. The summed E-state index contributed by atoms with van der Waals surface area (Å²) < 4.78 is 5.71. The van der Waals surface area contributed by atoms with Crippen molar-refractivity contribution in [2.75, 3.05) is 38.1 Å². The van der Waals surface area contributed by atoms with E-state index in [1.54, 1.807) is 0 Å². The van der Waals surface area contributed by atoms with Crippen LogP contribution < -0.4 is 5.32 Å². The molecule has 1 heterocycles. The van der Waals surface area contributed by atoms with Crippen LogP contribution in [-0.4, -0.2) is 43.3 Å². The van der Waals surface area contributed by atoms with Gasteiger partial charge in [0.05, 0.1) is 12.2 Å². The molecule has 3 nitrogen and oxygen atoms in total. The number of hydrogen-bond donors (Lipinski definition) is 1. The first-order chi connectivity index (χ1) is 8.66. The highest BCUT2D eigenvalue weighted by Crippen LogP contribution is 2.16. The van der Waals surface area contributed by atoms with Crippen LogP contribution in [0.3, 0.4) is 0 Å². The molecule has 1 saturated heterocycles. The Morgan fingerprint density at radius 1 is 1.28 bits per heavy atom. The molecular formula is C15H24N2O. The number of hydrogen-bond acceptors (Lipinski definition) is 3. The highest BCUT2D eigenvalue weighted by molar-refractivity contribution is 5.42. The molecule has 1 N–H and O–H groups in total. The molecule has 0 atom stereocenters. The number of rotatable bonds is 5. The zero-order valence-electron chi connectivity index (χ0n) is 11.5. The van der Waals surface area contributed by atoms with Crippen LogP contribution in [0.1, 0.15) is 20.3 Å². The SMILES string of the molecule is CC1(C)CN(CCCNc2ccccc2)CCO1. The minimum Gasteiger partial charge on any atom is -0.385 e. The topological polar surface area (TPSA) is 24.5 Å². The van der Waals surface area contributed by atoms with Crippen molar-refractivity contribution < 1.29 is 4.74 Å². The van der Waals surface area contributed by atoms with Crippen molar-refractivity contribution in [3.8, 4) is 0 Å². The lowest BCUT2D eigenvalue weighted by molar-refractivity contribution is -0.0858. The summed E-state index contributed by atoms with van der Waals surface area (Å²) in [5, 5.41) is 3.45. The lowest BCUT2D eigenvalue weighted by Crippen LogP contribution is -2.48. The molecule has 0 radical (unpaired) electrons. The molecule has 3 heteroatoms. The average Bonchev–Trinajstić information content (AvgIpc) is 2.35. The summed E-state index contributed by atoms with van der Waals surface area (Å²) in [6, 6.07) is 10.4. The number of nitrogens with one attached hydrogen (secondary N) is 1. The number of para-hydroxylation sites is 1. The summed E-state index contributed by atoms with van der Waals surface area (Å²) in [6.45, 7) is 9.48.